The second kappa shape index (κ2) is 7.20. The number of nitrogens with one attached hydrogen (secondary N) is 1. The maximum absolute atomic E-state index is 12.6. The highest BCUT2D eigenvalue weighted by atomic mass is 35.5. The van der Waals surface area contributed by atoms with Crippen molar-refractivity contribution in [1.29, 1.82) is 0 Å². The van der Waals surface area contributed by atoms with Crippen molar-refractivity contribution in [3.8, 4) is 0 Å². The first-order valence-corrected chi connectivity index (χ1v) is 8.40. The van der Waals surface area contributed by atoms with Gasteiger partial charge in [-0.1, -0.05) is 17.7 Å². The lowest BCUT2D eigenvalue weighted by Gasteiger charge is -2.28. The molecular formula is C18H21ClN4O. The third kappa shape index (κ3) is 3.52. The molecule has 126 valence electrons. The maximum atomic E-state index is 12.6. The zero-order valence-corrected chi connectivity index (χ0v) is 14.7. The fraction of sp³-hybridized carbons (Fsp3) is 0.333. The van der Waals surface area contributed by atoms with E-state index in [9.17, 15) is 4.79 Å². The normalized spacial score (nSPS) is 14.5. The lowest BCUT2D eigenvalue weighted by atomic mass is 10.2. The summed E-state index contributed by atoms with van der Waals surface area (Å²) in [6.07, 6.45) is 1.67. The van der Waals surface area contributed by atoms with Crippen molar-refractivity contribution < 1.29 is 4.79 Å². The summed E-state index contributed by atoms with van der Waals surface area (Å²) in [5.74, 6) is 0.741. The van der Waals surface area contributed by atoms with Crippen LogP contribution in [0.4, 0.5) is 11.5 Å². The van der Waals surface area contributed by atoms with Crippen molar-refractivity contribution in [2.24, 2.45) is 0 Å². The number of aryl methyl sites for hydroxylation is 1. The summed E-state index contributed by atoms with van der Waals surface area (Å²) < 4.78 is 0. The van der Waals surface area contributed by atoms with Gasteiger partial charge in [0, 0.05) is 45.0 Å². The van der Waals surface area contributed by atoms with Crippen molar-refractivity contribution in [2.45, 2.75) is 6.92 Å². The molecule has 5 nitrogen and oxygen atoms in total. The number of carbonyl (C=O) groups excluding carboxylic acids is 1. The Kier molecular flexibility index (Phi) is 5.02. The van der Waals surface area contributed by atoms with Crippen LogP contribution in [0.5, 0.6) is 0 Å². The monoisotopic (exact) mass is 344 g/mol. The topological polar surface area (TPSA) is 48.5 Å². The van der Waals surface area contributed by atoms with Crippen LogP contribution in [0, 0.1) is 6.92 Å². The van der Waals surface area contributed by atoms with Gasteiger partial charge in [-0.15, -0.1) is 0 Å². The van der Waals surface area contributed by atoms with E-state index >= 15 is 0 Å². The first-order chi connectivity index (χ1) is 11.6. The van der Waals surface area contributed by atoms with Crippen LogP contribution >= 0.6 is 11.6 Å². The molecule has 0 atom stereocenters. The number of anilines is 2. The van der Waals surface area contributed by atoms with Gasteiger partial charge in [0.1, 0.15) is 5.82 Å². The molecule has 1 amide bonds. The number of aromatic nitrogens is 1. The highest BCUT2D eigenvalue weighted by molar-refractivity contribution is 6.33. The Morgan fingerprint density at radius 3 is 2.71 bits per heavy atom. The molecule has 0 saturated carbocycles. The zero-order chi connectivity index (χ0) is 17.1. The molecule has 0 spiro atoms. The standard InChI is InChI=1S/C18H21ClN4O/c1-13-3-4-16(15(19)11-13)22(2)17-12-14(5-6-21-17)18(24)23-9-7-20-8-10-23/h3-6,11-12,20H,7-10H2,1-2H3. The average Bonchev–Trinajstić information content (AvgIpc) is 2.61. The number of hydrogen-bond donors (Lipinski definition) is 1. The predicted octanol–water partition coefficient (Wildman–Crippen LogP) is 2.86. The molecule has 0 unspecified atom stereocenters. The first-order valence-electron chi connectivity index (χ1n) is 8.02. The molecule has 0 radical (unpaired) electrons. The Bertz CT molecular complexity index is 744. The van der Waals surface area contributed by atoms with Crippen LogP contribution in [-0.2, 0) is 0 Å². The Labute approximate surface area is 147 Å². The maximum Gasteiger partial charge on any atom is 0.254 e. The highest BCUT2D eigenvalue weighted by Crippen LogP contribution is 2.30. The molecule has 24 heavy (non-hydrogen) atoms. The number of halogens is 1. The van der Waals surface area contributed by atoms with E-state index in [1.165, 1.54) is 0 Å². The van der Waals surface area contributed by atoms with Crippen LogP contribution in [0.3, 0.4) is 0 Å². The quantitative estimate of drug-likeness (QED) is 0.930. The minimum atomic E-state index is 0.0450. The number of piperazine rings is 1. The molecule has 0 bridgehead atoms. The number of pyridine rings is 1. The van der Waals surface area contributed by atoms with Crippen LogP contribution in [-0.4, -0.2) is 49.0 Å². The molecule has 1 aromatic heterocycles. The number of rotatable bonds is 3. The molecule has 6 heteroatoms. The van der Waals surface area contributed by atoms with E-state index in [4.69, 9.17) is 11.6 Å². The summed E-state index contributed by atoms with van der Waals surface area (Å²) in [5, 5.41) is 3.92. The smallest absolute Gasteiger partial charge is 0.254 e. The van der Waals surface area contributed by atoms with Gasteiger partial charge in [0.25, 0.3) is 5.91 Å². The molecule has 2 heterocycles. The first kappa shape index (κ1) is 16.7. The molecule has 1 aromatic carbocycles. The molecule has 1 aliphatic rings. The summed E-state index contributed by atoms with van der Waals surface area (Å²) in [6.45, 7) is 5.14. The van der Waals surface area contributed by atoms with Crippen molar-refractivity contribution in [3.63, 3.8) is 0 Å². The summed E-state index contributed by atoms with van der Waals surface area (Å²) in [6, 6.07) is 9.47. The highest BCUT2D eigenvalue weighted by Gasteiger charge is 2.19. The van der Waals surface area contributed by atoms with E-state index in [0.717, 1.165) is 37.4 Å². The molecule has 1 saturated heterocycles. The Balaban J connectivity index is 1.85. The molecule has 1 fully saturated rings. The lowest BCUT2D eigenvalue weighted by molar-refractivity contribution is 0.0735. The molecule has 1 aliphatic heterocycles. The largest absolute Gasteiger partial charge is 0.336 e. The number of nitrogens with zero attached hydrogens (tertiary/aromatic N) is 3. The Morgan fingerprint density at radius 2 is 2.00 bits per heavy atom. The van der Waals surface area contributed by atoms with Crippen molar-refractivity contribution in [1.82, 2.24) is 15.2 Å². The third-order valence-corrected chi connectivity index (χ3v) is 4.51. The second-order valence-corrected chi connectivity index (χ2v) is 6.37. The minimum Gasteiger partial charge on any atom is -0.336 e. The summed E-state index contributed by atoms with van der Waals surface area (Å²) >= 11 is 6.35. The lowest BCUT2D eigenvalue weighted by Crippen LogP contribution is -2.46. The number of amides is 1. The van der Waals surface area contributed by atoms with E-state index in [2.05, 4.69) is 10.3 Å². The van der Waals surface area contributed by atoms with Crippen LogP contribution in [0.1, 0.15) is 15.9 Å². The summed E-state index contributed by atoms with van der Waals surface area (Å²) in [7, 11) is 1.90. The Morgan fingerprint density at radius 1 is 1.25 bits per heavy atom. The zero-order valence-electron chi connectivity index (χ0n) is 13.9. The average molecular weight is 345 g/mol. The SMILES string of the molecule is Cc1ccc(N(C)c2cc(C(=O)N3CCNCC3)ccn2)c(Cl)c1. The summed E-state index contributed by atoms with van der Waals surface area (Å²) in [4.78, 5) is 20.8. The van der Waals surface area contributed by atoms with Gasteiger partial charge in [-0.05, 0) is 36.8 Å². The van der Waals surface area contributed by atoms with Crippen LogP contribution in [0.2, 0.25) is 5.02 Å². The van der Waals surface area contributed by atoms with E-state index in [0.29, 0.717) is 16.4 Å². The molecular weight excluding hydrogens is 324 g/mol. The van der Waals surface area contributed by atoms with Crippen LogP contribution in [0.25, 0.3) is 0 Å². The molecule has 2 aromatic rings. The number of carbonyl (C=O) groups is 1. The molecule has 0 aliphatic carbocycles. The van der Waals surface area contributed by atoms with Gasteiger partial charge in [-0.3, -0.25) is 4.79 Å². The van der Waals surface area contributed by atoms with Crippen LogP contribution < -0.4 is 10.2 Å². The van der Waals surface area contributed by atoms with Crippen molar-refractivity contribution in [2.75, 3.05) is 38.1 Å². The van der Waals surface area contributed by atoms with Gasteiger partial charge in [-0.2, -0.15) is 0 Å². The van der Waals surface area contributed by atoms with Gasteiger partial charge in [0.15, 0.2) is 0 Å². The van der Waals surface area contributed by atoms with Crippen molar-refractivity contribution in [3.05, 3.63) is 52.7 Å². The van der Waals surface area contributed by atoms with Gasteiger partial charge < -0.3 is 15.1 Å². The van der Waals surface area contributed by atoms with Crippen LogP contribution in [0.15, 0.2) is 36.5 Å². The van der Waals surface area contributed by atoms with Gasteiger partial charge in [-0.25, -0.2) is 4.98 Å². The van der Waals surface area contributed by atoms with Gasteiger partial charge in [0.2, 0.25) is 0 Å². The number of benzene rings is 1. The van der Waals surface area contributed by atoms with E-state index in [1.54, 1.807) is 12.3 Å². The molecule has 1 N–H and O–H groups in total. The minimum absolute atomic E-state index is 0.0450. The third-order valence-electron chi connectivity index (χ3n) is 4.20. The van der Waals surface area contributed by atoms with E-state index in [-0.39, 0.29) is 5.91 Å². The second-order valence-electron chi connectivity index (χ2n) is 5.96. The fourth-order valence-corrected chi connectivity index (χ4v) is 3.15. The fourth-order valence-electron chi connectivity index (χ4n) is 2.79. The number of hydrogen-bond acceptors (Lipinski definition) is 4. The predicted molar refractivity (Wildman–Crippen MR) is 97.3 cm³/mol. The molecule has 3 rings (SSSR count). The summed E-state index contributed by atoms with van der Waals surface area (Å²) in [5.41, 5.74) is 2.62. The van der Waals surface area contributed by atoms with Gasteiger partial charge in [0.05, 0.1) is 10.7 Å². The van der Waals surface area contributed by atoms with E-state index in [1.807, 2.05) is 48.0 Å². The van der Waals surface area contributed by atoms with Crippen molar-refractivity contribution >= 4 is 29.0 Å². The van der Waals surface area contributed by atoms with E-state index < -0.39 is 0 Å². The Hall–Kier alpha value is -2.11. The van der Waals surface area contributed by atoms with Gasteiger partial charge >= 0.3 is 0 Å².